The monoisotopic (exact) mass is 213 g/mol. The molecule has 2 N–H and O–H groups in total. The van der Waals surface area contributed by atoms with Crippen LogP contribution in [-0.2, 0) is 4.79 Å². The molecule has 1 radical (unpaired) electrons. The van der Waals surface area contributed by atoms with Crippen molar-refractivity contribution in [3.8, 4) is 0 Å². The highest BCUT2D eigenvalue weighted by Crippen LogP contribution is 2.10. The lowest BCUT2D eigenvalue weighted by Crippen LogP contribution is -2.25. The number of carboxylic acids is 1. The number of nitrogens with zero attached hydrogens (tertiary/aromatic N) is 1. The molecule has 6 heteroatoms. The van der Waals surface area contributed by atoms with Gasteiger partial charge in [-0.15, -0.1) is 11.3 Å². The van der Waals surface area contributed by atoms with Crippen LogP contribution >= 0.6 is 11.3 Å². The summed E-state index contributed by atoms with van der Waals surface area (Å²) in [6.07, 6.45) is -0.0761. The van der Waals surface area contributed by atoms with Crippen LogP contribution in [0.25, 0.3) is 0 Å². The SMILES string of the molecule is Cc1n[c]sc1C(=O)NCCC(=O)O. The highest BCUT2D eigenvalue weighted by atomic mass is 32.1. The first-order valence-corrected chi connectivity index (χ1v) is 4.76. The number of amides is 1. The largest absolute Gasteiger partial charge is 0.481 e. The molecule has 0 fully saturated rings. The minimum absolute atomic E-state index is 0.0761. The van der Waals surface area contributed by atoms with Crippen molar-refractivity contribution in [2.24, 2.45) is 0 Å². The van der Waals surface area contributed by atoms with Gasteiger partial charge in [-0.1, -0.05) is 0 Å². The van der Waals surface area contributed by atoms with Crippen molar-refractivity contribution in [2.75, 3.05) is 6.54 Å². The first kappa shape index (κ1) is 10.6. The van der Waals surface area contributed by atoms with Gasteiger partial charge in [-0.3, -0.25) is 9.59 Å². The van der Waals surface area contributed by atoms with E-state index in [1.165, 1.54) is 0 Å². The normalized spacial score (nSPS) is 9.79. The van der Waals surface area contributed by atoms with Crippen molar-refractivity contribution in [1.82, 2.24) is 10.3 Å². The number of aromatic nitrogens is 1. The molecule has 0 aromatic carbocycles. The predicted octanol–water partition coefficient (Wildman–Crippen LogP) is 0.456. The highest BCUT2D eigenvalue weighted by molar-refractivity contribution is 7.11. The molecule has 0 saturated carbocycles. The molecule has 75 valence electrons. The zero-order valence-corrected chi connectivity index (χ0v) is 8.35. The van der Waals surface area contributed by atoms with Gasteiger partial charge < -0.3 is 10.4 Å². The summed E-state index contributed by atoms with van der Waals surface area (Å²) in [7, 11) is 0. The quantitative estimate of drug-likeness (QED) is 0.761. The fourth-order valence-corrected chi connectivity index (χ4v) is 1.47. The summed E-state index contributed by atoms with van der Waals surface area (Å²) in [5.74, 6) is -1.22. The van der Waals surface area contributed by atoms with Crippen LogP contribution in [-0.4, -0.2) is 28.5 Å². The topological polar surface area (TPSA) is 79.3 Å². The lowest BCUT2D eigenvalue weighted by Gasteiger charge is -2.00. The molecule has 1 aromatic rings. The zero-order chi connectivity index (χ0) is 10.6. The van der Waals surface area contributed by atoms with Crippen LogP contribution in [0.2, 0.25) is 0 Å². The summed E-state index contributed by atoms with van der Waals surface area (Å²) in [5, 5.41) is 10.8. The van der Waals surface area contributed by atoms with Crippen LogP contribution in [0.15, 0.2) is 0 Å². The van der Waals surface area contributed by atoms with Gasteiger partial charge in [0.15, 0.2) is 5.51 Å². The fraction of sp³-hybridized carbons (Fsp3) is 0.375. The molecule has 0 aliphatic heterocycles. The molecule has 1 amide bonds. The van der Waals surface area contributed by atoms with Gasteiger partial charge in [0.1, 0.15) is 4.88 Å². The van der Waals surface area contributed by atoms with Gasteiger partial charge in [0.2, 0.25) is 0 Å². The number of carboxylic acid groups (broad SMARTS) is 1. The Morgan fingerprint density at radius 3 is 2.86 bits per heavy atom. The number of thiazole rings is 1. The fourth-order valence-electron chi connectivity index (χ4n) is 0.835. The van der Waals surface area contributed by atoms with Crippen molar-refractivity contribution in [2.45, 2.75) is 13.3 Å². The molecule has 0 atom stereocenters. The number of aryl methyl sites for hydroxylation is 1. The molecule has 0 aliphatic rings. The maximum atomic E-state index is 11.4. The second-order valence-corrected chi connectivity index (χ2v) is 3.41. The molecule has 1 heterocycles. The standard InChI is InChI=1S/C8H9N2O3S/c1-5-7(14-4-10-5)8(13)9-3-2-6(11)12/h2-3H2,1H3,(H,9,13)(H,11,12). The van der Waals surface area contributed by atoms with E-state index in [9.17, 15) is 9.59 Å². The third-order valence-electron chi connectivity index (χ3n) is 1.52. The van der Waals surface area contributed by atoms with Gasteiger partial charge in [0.25, 0.3) is 5.91 Å². The minimum atomic E-state index is -0.933. The zero-order valence-electron chi connectivity index (χ0n) is 7.53. The summed E-state index contributed by atoms with van der Waals surface area (Å²) in [6.45, 7) is 1.84. The maximum absolute atomic E-state index is 11.4. The van der Waals surface area contributed by atoms with E-state index in [4.69, 9.17) is 5.11 Å². The van der Waals surface area contributed by atoms with Crippen LogP contribution < -0.4 is 5.32 Å². The summed E-state index contributed by atoms with van der Waals surface area (Å²) in [6, 6.07) is 0. The number of hydrogen-bond donors (Lipinski definition) is 2. The van der Waals surface area contributed by atoms with Crippen LogP contribution in [0.1, 0.15) is 21.8 Å². The summed E-state index contributed by atoms with van der Waals surface area (Å²) in [4.78, 5) is 25.8. The number of carbonyl (C=O) groups is 2. The van der Waals surface area contributed by atoms with Crippen molar-refractivity contribution in [3.05, 3.63) is 16.1 Å². The van der Waals surface area contributed by atoms with Crippen LogP contribution in [0, 0.1) is 12.4 Å². The number of hydrogen-bond acceptors (Lipinski definition) is 4. The average molecular weight is 213 g/mol. The van der Waals surface area contributed by atoms with Crippen LogP contribution in [0.5, 0.6) is 0 Å². The first-order valence-electron chi connectivity index (χ1n) is 3.94. The van der Waals surface area contributed by atoms with Gasteiger partial charge in [-0.05, 0) is 6.92 Å². The van der Waals surface area contributed by atoms with E-state index in [1.807, 2.05) is 0 Å². The Morgan fingerprint density at radius 1 is 1.64 bits per heavy atom. The molecule has 0 unspecified atom stereocenters. The Labute approximate surface area is 84.8 Å². The summed E-state index contributed by atoms with van der Waals surface area (Å²) >= 11 is 1.12. The third-order valence-corrected chi connectivity index (χ3v) is 2.39. The van der Waals surface area contributed by atoms with Crippen molar-refractivity contribution >= 4 is 23.2 Å². The third kappa shape index (κ3) is 2.81. The van der Waals surface area contributed by atoms with E-state index in [0.717, 1.165) is 11.3 Å². The first-order chi connectivity index (χ1) is 6.61. The molecule has 1 aromatic heterocycles. The van der Waals surface area contributed by atoms with E-state index < -0.39 is 5.97 Å². The Kier molecular flexibility index (Phi) is 3.58. The van der Waals surface area contributed by atoms with Crippen LogP contribution in [0.4, 0.5) is 0 Å². The molecule has 0 saturated heterocycles. The van der Waals surface area contributed by atoms with E-state index in [-0.39, 0.29) is 18.9 Å². The van der Waals surface area contributed by atoms with Gasteiger partial charge in [0, 0.05) is 6.54 Å². The van der Waals surface area contributed by atoms with Crippen LogP contribution in [0.3, 0.4) is 0 Å². The van der Waals surface area contributed by atoms with Crippen molar-refractivity contribution in [1.29, 1.82) is 0 Å². The summed E-state index contributed by atoms with van der Waals surface area (Å²) in [5.41, 5.74) is 3.21. The van der Waals surface area contributed by atoms with Crippen molar-refractivity contribution in [3.63, 3.8) is 0 Å². The van der Waals surface area contributed by atoms with E-state index in [1.54, 1.807) is 6.92 Å². The molecule has 1 rings (SSSR count). The van der Waals surface area contributed by atoms with Gasteiger partial charge in [-0.25, -0.2) is 4.98 Å². The molecule has 0 aliphatic carbocycles. The molecule has 5 nitrogen and oxygen atoms in total. The predicted molar refractivity (Wildman–Crippen MR) is 50.3 cm³/mol. The molecular formula is C8H9N2O3S. The van der Waals surface area contributed by atoms with Gasteiger partial charge >= 0.3 is 5.97 Å². The van der Waals surface area contributed by atoms with Gasteiger partial charge in [0.05, 0.1) is 12.1 Å². The number of rotatable bonds is 4. The number of aliphatic carboxylic acids is 1. The Balaban J connectivity index is 2.44. The second kappa shape index (κ2) is 4.71. The average Bonchev–Trinajstić information content (AvgIpc) is 2.50. The molecule has 0 spiro atoms. The number of nitrogens with one attached hydrogen (secondary N) is 1. The Morgan fingerprint density at radius 2 is 2.36 bits per heavy atom. The lowest BCUT2D eigenvalue weighted by molar-refractivity contribution is -0.136. The smallest absolute Gasteiger partial charge is 0.305 e. The molecular weight excluding hydrogens is 204 g/mol. The Hall–Kier alpha value is -1.43. The van der Waals surface area contributed by atoms with E-state index in [0.29, 0.717) is 10.6 Å². The van der Waals surface area contributed by atoms with Gasteiger partial charge in [-0.2, -0.15) is 0 Å². The maximum Gasteiger partial charge on any atom is 0.305 e. The number of carbonyl (C=O) groups excluding carboxylic acids is 1. The second-order valence-electron chi connectivity index (χ2n) is 2.62. The lowest BCUT2D eigenvalue weighted by atomic mass is 10.3. The van der Waals surface area contributed by atoms with Crippen molar-refractivity contribution < 1.29 is 14.7 Å². The molecule has 0 bridgehead atoms. The minimum Gasteiger partial charge on any atom is -0.481 e. The summed E-state index contributed by atoms with van der Waals surface area (Å²) < 4.78 is 0. The van der Waals surface area contributed by atoms with E-state index >= 15 is 0 Å². The highest BCUT2D eigenvalue weighted by Gasteiger charge is 2.11. The van der Waals surface area contributed by atoms with E-state index in [2.05, 4.69) is 15.8 Å². The molecule has 14 heavy (non-hydrogen) atoms. The Bertz CT molecular complexity index is 348.